The highest BCUT2D eigenvalue weighted by Crippen LogP contribution is 2.56. The zero-order valence-electron chi connectivity index (χ0n) is 42.8. The molecule has 3 nitrogen and oxygen atoms in total. The number of rotatable bonds is 3. The van der Waals surface area contributed by atoms with Gasteiger partial charge in [-0.2, -0.15) is 0 Å². The maximum atomic E-state index is 7.34. The fourth-order valence-electron chi connectivity index (χ4n) is 13.7. The van der Waals surface area contributed by atoms with Crippen LogP contribution in [-0.2, 0) is 16.2 Å². The predicted molar refractivity (Wildman–Crippen MR) is 320 cm³/mol. The molecule has 74 heavy (non-hydrogen) atoms. The van der Waals surface area contributed by atoms with Crippen LogP contribution in [0.25, 0.3) is 112 Å². The Morgan fingerprint density at radius 2 is 1.19 bits per heavy atom. The third-order valence-electron chi connectivity index (χ3n) is 17.6. The predicted octanol–water partition coefficient (Wildman–Crippen LogP) is 18.5. The quantitative estimate of drug-likeness (QED) is 0.165. The van der Waals surface area contributed by atoms with Crippen LogP contribution in [0.4, 0.5) is 11.4 Å². The molecule has 2 aliphatic heterocycles. The van der Waals surface area contributed by atoms with Crippen LogP contribution >= 0.6 is 22.7 Å². The Morgan fingerprint density at radius 3 is 1.91 bits per heavy atom. The molecule has 13 aromatic rings. The molecule has 0 N–H and O–H groups in total. The first-order chi connectivity index (χ1) is 35.8. The smallest absolute Gasteiger partial charge is 0.333 e. The van der Waals surface area contributed by atoms with Gasteiger partial charge in [-0.15, -0.1) is 22.7 Å². The number of aromatic nitrogens is 1. The third kappa shape index (κ3) is 5.73. The van der Waals surface area contributed by atoms with Crippen molar-refractivity contribution in [1.82, 2.24) is 4.57 Å². The van der Waals surface area contributed by atoms with Gasteiger partial charge in [0.1, 0.15) is 11.3 Å². The number of furan rings is 1. The van der Waals surface area contributed by atoms with Crippen LogP contribution in [0.1, 0.15) is 78.0 Å². The lowest BCUT2D eigenvalue weighted by Crippen LogP contribution is -2.60. The van der Waals surface area contributed by atoms with E-state index < -0.39 is 0 Å². The Bertz CT molecular complexity index is 4580. The Labute approximate surface area is 439 Å². The zero-order chi connectivity index (χ0) is 49.7. The Kier molecular flexibility index (Phi) is 8.54. The molecule has 4 aromatic heterocycles. The molecule has 6 heteroatoms. The summed E-state index contributed by atoms with van der Waals surface area (Å²) in [6.45, 7) is 16.7. The van der Waals surface area contributed by atoms with Crippen LogP contribution in [0.15, 0.2) is 174 Å². The van der Waals surface area contributed by atoms with Gasteiger partial charge in [-0.1, -0.05) is 158 Å². The molecule has 16 rings (SSSR count). The highest BCUT2D eigenvalue weighted by Gasteiger charge is 2.47. The second-order valence-electron chi connectivity index (χ2n) is 23.8. The number of fused-ring (bicyclic) bond motifs is 18. The monoisotopic (exact) mass is 988 g/mol. The summed E-state index contributed by atoms with van der Waals surface area (Å²) in [5.41, 5.74) is 20.1. The average Bonchev–Trinajstić information content (AvgIpc) is 4.21. The first-order valence-corrected chi connectivity index (χ1v) is 28.0. The number of benzene rings is 9. The van der Waals surface area contributed by atoms with Gasteiger partial charge in [0.05, 0.1) is 11.0 Å². The van der Waals surface area contributed by atoms with E-state index in [2.05, 4.69) is 228 Å². The van der Waals surface area contributed by atoms with Gasteiger partial charge in [0.25, 0.3) is 0 Å². The summed E-state index contributed by atoms with van der Waals surface area (Å²) in [5.74, 6) is 0.899. The zero-order valence-corrected chi connectivity index (χ0v) is 44.4. The third-order valence-corrected chi connectivity index (χ3v) is 19.9. The summed E-state index contributed by atoms with van der Waals surface area (Å²) in [6, 6.07) is 64.7. The molecule has 0 atom stereocenters. The summed E-state index contributed by atoms with van der Waals surface area (Å²) < 4.78 is 15.4. The maximum Gasteiger partial charge on any atom is 0.333 e. The normalized spacial score (nSPS) is 15.6. The van der Waals surface area contributed by atoms with Crippen molar-refractivity contribution < 1.29 is 4.42 Å². The summed E-state index contributed by atoms with van der Waals surface area (Å²) in [6.07, 6.45) is 2.31. The molecule has 0 saturated carbocycles. The van der Waals surface area contributed by atoms with Gasteiger partial charge in [0.15, 0.2) is 0 Å². The molecule has 3 aliphatic rings. The van der Waals surface area contributed by atoms with Gasteiger partial charge in [-0.05, 0) is 123 Å². The lowest BCUT2D eigenvalue weighted by Gasteiger charge is -2.42. The molecule has 0 amide bonds. The lowest BCUT2D eigenvalue weighted by atomic mass is 9.44. The Balaban J connectivity index is 1.15. The molecule has 356 valence electrons. The first-order valence-electron chi connectivity index (χ1n) is 26.4. The summed E-state index contributed by atoms with van der Waals surface area (Å²) in [5, 5.41) is 9.19. The fourth-order valence-corrected chi connectivity index (χ4v) is 16.1. The van der Waals surface area contributed by atoms with E-state index in [9.17, 15) is 0 Å². The van der Waals surface area contributed by atoms with Crippen molar-refractivity contribution in [3.8, 4) is 39.3 Å². The van der Waals surface area contributed by atoms with Gasteiger partial charge in [0, 0.05) is 95.8 Å². The highest BCUT2D eigenvalue weighted by atomic mass is 32.1. The molecule has 0 unspecified atom stereocenters. The van der Waals surface area contributed by atoms with Crippen LogP contribution in [0, 0.1) is 0 Å². The van der Waals surface area contributed by atoms with Crippen molar-refractivity contribution in [2.24, 2.45) is 0 Å². The number of hydrogen-bond donors (Lipinski definition) is 0. The number of hydrogen-bond acceptors (Lipinski definition) is 4. The van der Waals surface area contributed by atoms with Crippen molar-refractivity contribution in [3.05, 3.63) is 187 Å². The molecular formula is C68H53BN2OS2. The van der Waals surface area contributed by atoms with Crippen LogP contribution in [-0.4, -0.2) is 11.4 Å². The molecule has 9 aromatic carbocycles. The Morgan fingerprint density at radius 1 is 0.541 bits per heavy atom. The van der Waals surface area contributed by atoms with E-state index in [-0.39, 0.29) is 23.1 Å². The summed E-state index contributed by atoms with van der Waals surface area (Å²) >= 11 is 3.89. The molecular weight excluding hydrogens is 936 g/mol. The number of nitrogens with zero attached hydrogens (tertiary/aromatic N) is 2. The molecule has 6 heterocycles. The van der Waals surface area contributed by atoms with Crippen molar-refractivity contribution in [1.29, 1.82) is 0 Å². The van der Waals surface area contributed by atoms with E-state index in [1.807, 2.05) is 22.7 Å². The fraction of sp³-hybridized carbons (Fsp3) is 0.176. The van der Waals surface area contributed by atoms with Gasteiger partial charge >= 0.3 is 6.85 Å². The van der Waals surface area contributed by atoms with Gasteiger partial charge in [-0.3, -0.25) is 0 Å². The number of thiophene rings is 2. The lowest BCUT2D eigenvalue weighted by molar-refractivity contribution is 0.332. The standard InChI is InChI=1S/C68H53BN2OS2/c1-66(2,3)40-26-28-41(29-27-40)71-52-37-57-44(42-22-14-16-24-55(42)73-57)32-45(52)61-62-63-59(60-43-23-15-17-25-56(43)74-65(60)61)46-33-48-49(68(6,7)31-30-67(48,4)5)35-51(46)70(63)53-34-47-54(36-50(53)69(62)71)72-64(39-20-12-9-13-21-39)58(47)38-18-10-8-11-19-38/h8-29,32-37H,30-31H2,1-7H3. The second-order valence-corrected chi connectivity index (χ2v) is 25.9. The van der Waals surface area contributed by atoms with Crippen molar-refractivity contribution >= 4 is 125 Å². The highest BCUT2D eigenvalue weighted by molar-refractivity contribution is 7.27. The van der Waals surface area contributed by atoms with Crippen molar-refractivity contribution in [2.45, 2.75) is 77.6 Å². The average molecular weight is 989 g/mol. The Hall–Kier alpha value is -7.38. The van der Waals surface area contributed by atoms with E-state index in [0.29, 0.717) is 0 Å². The van der Waals surface area contributed by atoms with Crippen molar-refractivity contribution in [2.75, 3.05) is 4.81 Å². The first kappa shape index (κ1) is 43.1. The number of anilines is 2. The van der Waals surface area contributed by atoms with Crippen LogP contribution in [0.3, 0.4) is 0 Å². The van der Waals surface area contributed by atoms with Gasteiger partial charge in [-0.25, -0.2) is 0 Å². The van der Waals surface area contributed by atoms with Crippen LogP contribution in [0.2, 0.25) is 0 Å². The van der Waals surface area contributed by atoms with E-state index >= 15 is 0 Å². The van der Waals surface area contributed by atoms with Crippen molar-refractivity contribution in [3.63, 3.8) is 0 Å². The maximum absolute atomic E-state index is 7.34. The minimum Gasteiger partial charge on any atom is -0.455 e. The molecule has 0 spiro atoms. The van der Waals surface area contributed by atoms with E-state index in [0.717, 1.165) is 46.3 Å². The largest absolute Gasteiger partial charge is 0.455 e. The van der Waals surface area contributed by atoms with Crippen LogP contribution in [0.5, 0.6) is 0 Å². The minimum absolute atomic E-state index is 0.00556. The molecule has 1 aliphatic carbocycles. The van der Waals surface area contributed by atoms with E-state index in [4.69, 9.17) is 4.42 Å². The van der Waals surface area contributed by atoms with E-state index in [1.165, 1.54) is 118 Å². The van der Waals surface area contributed by atoms with Crippen LogP contribution < -0.4 is 15.7 Å². The summed E-state index contributed by atoms with van der Waals surface area (Å²) in [4.78, 5) is 2.72. The SMILES string of the molecule is CC(C)(C)c1ccc(N2B3c4cc5oc(-c6ccccc6)c(-c6ccccc6)c5cc4-n4c5cc6c(cc5c5c7c(sc8ccccc87)c(c3c54)-c3cc4c(cc32)sc2ccccc24)C(C)(C)CCC6(C)C)cc1. The van der Waals surface area contributed by atoms with E-state index in [1.54, 1.807) is 0 Å². The topological polar surface area (TPSA) is 21.3 Å². The molecule has 0 radical (unpaired) electrons. The molecule has 0 bridgehead atoms. The minimum atomic E-state index is -0.189. The molecule has 0 fully saturated rings. The van der Waals surface area contributed by atoms with Gasteiger partial charge in [0.2, 0.25) is 0 Å². The second kappa shape index (κ2) is 14.7. The molecule has 0 saturated heterocycles. The summed E-state index contributed by atoms with van der Waals surface area (Å²) in [7, 11) is 0. The van der Waals surface area contributed by atoms with Gasteiger partial charge < -0.3 is 13.8 Å².